The second-order valence-corrected chi connectivity index (χ2v) is 12.0. The molecule has 36 heavy (non-hydrogen) atoms. The molecule has 0 aliphatic carbocycles. The zero-order valence-corrected chi connectivity index (χ0v) is 21.5. The minimum absolute atomic E-state index is 0.0704. The summed E-state index contributed by atoms with van der Waals surface area (Å²) in [6, 6.07) is 18.9. The molecule has 1 saturated heterocycles. The fourth-order valence-corrected chi connectivity index (χ4v) is 6.87. The molecule has 9 heteroatoms. The van der Waals surface area contributed by atoms with Crippen LogP contribution in [0, 0.1) is 6.92 Å². The summed E-state index contributed by atoms with van der Waals surface area (Å²) in [4.78, 5) is 5.09. The van der Waals surface area contributed by atoms with Crippen molar-refractivity contribution in [2.24, 2.45) is 0 Å². The number of aromatic nitrogens is 1. The second kappa shape index (κ2) is 9.48. The lowest BCUT2D eigenvalue weighted by molar-refractivity contribution is 0.137. The normalized spacial score (nSPS) is 18.5. The van der Waals surface area contributed by atoms with E-state index in [0.717, 1.165) is 38.3 Å². The Morgan fingerprint density at radius 1 is 1.08 bits per heavy atom. The molecule has 1 atom stereocenters. The second-order valence-electron chi connectivity index (χ2n) is 9.05. The van der Waals surface area contributed by atoms with Crippen molar-refractivity contribution in [3.8, 4) is 22.1 Å². The highest BCUT2D eigenvalue weighted by molar-refractivity contribution is 7.89. The van der Waals surface area contributed by atoms with Crippen LogP contribution in [-0.2, 0) is 21.3 Å². The Bertz CT molecular complexity index is 1480. The third-order valence-corrected chi connectivity index (χ3v) is 9.39. The van der Waals surface area contributed by atoms with E-state index in [1.54, 1.807) is 23.5 Å². The van der Waals surface area contributed by atoms with E-state index in [1.807, 2.05) is 55.5 Å². The lowest BCUT2D eigenvalue weighted by Gasteiger charge is -2.20. The highest BCUT2D eigenvalue weighted by atomic mass is 32.2. The molecule has 1 fully saturated rings. The Balaban J connectivity index is 1.42. The first-order valence-corrected chi connectivity index (χ1v) is 14.2. The van der Waals surface area contributed by atoms with E-state index in [0.29, 0.717) is 24.7 Å². The van der Waals surface area contributed by atoms with Gasteiger partial charge in [-0.05, 0) is 43.3 Å². The van der Waals surface area contributed by atoms with Crippen LogP contribution >= 0.6 is 11.3 Å². The van der Waals surface area contributed by atoms with E-state index >= 15 is 0 Å². The number of ether oxygens (including phenoxy) is 3. The smallest absolute Gasteiger partial charge is 0.243 e. The van der Waals surface area contributed by atoms with Gasteiger partial charge in [-0.15, -0.1) is 11.3 Å². The summed E-state index contributed by atoms with van der Waals surface area (Å²) in [6.45, 7) is 3.78. The zero-order valence-electron chi connectivity index (χ0n) is 19.8. The minimum Gasteiger partial charge on any atom is -0.488 e. The van der Waals surface area contributed by atoms with Crippen LogP contribution in [0.5, 0.6) is 11.5 Å². The van der Waals surface area contributed by atoms with Gasteiger partial charge in [0.1, 0.15) is 17.7 Å². The molecule has 186 valence electrons. The monoisotopic (exact) mass is 522 g/mol. The number of fused-ring (bicyclic) bond motifs is 2. The molecule has 3 heterocycles. The summed E-state index contributed by atoms with van der Waals surface area (Å²) in [7, 11) is -3.70. The minimum atomic E-state index is -3.70. The summed E-state index contributed by atoms with van der Waals surface area (Å²) in [5.74, 6) is 1.19. The molecule has 0 N–H and O–H groups in total. The maximum absolute atomic E-state index is 13.5. The maximum atomic E-state index is 13.5. The van der Waals surface area contributed by atoms with Crippen LogP contribution in [0.1, 0.15) is 17.5 Å². The topological polar surface area (TPSA) is 78.0 Å². The van der Waals surface area contributed by atoms with Gasteiger partial charge < -0.3 is 14.2 Å². The summed E-state index contributed by atoms with van der Waals surface area (Å²) in [5, 5.41) is 0.851. The Morgan fingerprint density at radius 3 is 2.69 bits per heavy atom. The third-order valence-electron chi connectivity index (χ3n) is 6.45. The highest BCUT2D eigenvalue weighted by Crippen LogP contribution is 2.42. The number of rotatable bonds is 5. The van der Waals surface area contributed by atoms with E-state index in [4.69, 9.17) is 19.2 Å². The molecule has 7 nitrogen and oxygen atoms in total. The van der Waals surface area contributed by atoms with Crippen LogP contribution in [-0.4, -0.2) is 50.2 Å². The fraction of sp³-hybridized carbons (Fsp3) is 0.296. The van der Waals surface area contributed by atoms with E-state index in [-0.39, 0.29) is 30.7 Å². The Hall–Kier alpha value is -2.98. The quantitative estimate of drug-likeness (QED) is 0.366. The van der Waals surface area contributed by atoms with Gasteiger partial charge in [0.15, 0.2) is 11.5 Å². The first-order chi connectivity index (χ1) is 17.5. The molecule has 0 amide bonds. The van der Waals surface area contributed by atoms with Crippen LogP contribution in [0.25, 0.3) is 20.8 Å². The number of hydrogen-bond acceptors (Lipinski definition) is 7. The molecule has 0 bridgehead atoms. The number of thiazole rings is 1. The van der Waals surface area contributed by atoms with Gasteiger partial charge in [0.2, 0.25) is 10.0 Å². The average Bonchev–Trinajstić information content (AvgIpc) is 3.49. The summed E-state index contributed by atoms with van der Waals surface area (Å²) in [5.41, 5.74) is 3.58. The van der Waals surface area contributed by atoms with Crippen molar-refractivity contribution in [2.45, 2.75) is 30.9 Å². The Labute approximate surface area is 214 Å². The maximum Gasteiger partial charge on any atom is 0.243 e. The van der Waals surface area contributed by atoms with Gasteiger partial charge >= 0.3 is 0 Å². The van der Waals surface area contributed by atoms with Crippen molar-refractivity contribution < 1.29 is 22.6 Å². The molecule has 4 aromatic rings. The van der Waals surface area contributed by atoms with Gasteiger partial charge in [-0.2, -0.15) is 4.31 Å². The number of hydrogen-bond donors (Lipinski definition) is 0. The average molecular weight is 523 g/mol. The van der Waals surface area contributed by atoms with Crippen LogP contribution in [0.3, 0.4) is 0 Å². The van der Waals surface area contributed by atoms with Crippen LogP contribution in [0.2, 0.25) is 0 Å². The van der Waals surface area contributed by atoms with Crippen molar-refractivity contribution in [1.29, 1.82) is 0 Å². The number of nitrogens with zero attached hydrogens (tertiary/aromatic N) is 2. The molecular weight excluding hydrogens is 496 g/mol. The molecule has 0 saturated carbocycles. The van der Waals surface area contributed by atoms with Crippen molar-refractivity contribution in [3.63, 3.8) is 0 Å². The number of sulfonamides is 1. The first-order valence-electron chi connectivity index (χ1n) is 11.9. The van der Waals surface area contributed by atoms with E-state index in [9.17, 15) is 8.42 Å². The van der Waals surface area contributed by atoms with E-state index in [1.165, 1.54) is 4.31 Å². The molecule has 0 spiro atoms. The number of para-hydroxylation sites is 1. The highest BCUT2D eigenvalue weighted by Gasteiger charge is 2.30. The predicted molar refractivity (Wildman–Crippen MR) is 139 cm³/mol. The van der Waals surface area contributed by atoms with Crippen molar-refractivity contribution in [2.75, 3.05) is 26.4 Å². The molecule has 2 aliphatic rings. The van der Waals surface area contributed by atoms with Crippen LogP contribution < -0.4 is 9.47 Å². The number of aryl methyl sites for hydroxylation is 1. The van der Waals surface area contributed by atoms with Gasteiger partial charge in [-0.1, -0.05) is 29.8 Å². The molecule has 3 aromatic carbocycles. The SMILES string of the molecule is Cc1ccc(S(=O)(=O)N2CCOc3c(cc(-c4nc5ccccc5s4)cc3O[C@@H]3CCOC3)C2)cc1. The summed E-state index contributed by atoms with van der Waals surface area (Å²) < 4.78 is 47.6. The first kappa shape index (κ1) is 23.4. The molecular formula is C27H26N2O5S2. The van der Waals surface area contributed by atoms with E-state index < -0.39 is 10.0 Å². The molecule has 2 aliphatic heterocycles. The Morgan fingerprint density at radius 2 is 1.92 bits per heavy atom. The van der Waals surface area contributed by atoms with E-state index in [2.05, 4.69) is 0 Å². The Kier molecular flexibility index (Phi) is 6.17. The van der Waals surface area contributed by atoms with Gasteiger partial charge in [0.25, 0.3) is 0 Å². The van der Waals surface area contributed by atoms with Crippen LogP contribution in [0.15, 0.2) is 65.6 Å². The molecule has 1 aromatic heterocycles. The third kappa shape index (κ3) is 4.48. The number of benzene rings is 3. The molecule has 0 unspecified atom stereocenters. The van der Waals surface area contributed by atoms with Crippen LogP contribution in [0.4, 0.5) is 0 Å². The predicted octanol–water partition coefficient (Wildman–Crippen LogP) is 5.02. The summed E-state index contributed by atoms with van der Waals surface area (Å²) in [6.07, 6.45) is 0.729. The van der Waals surface area contributed by atoms with Crippen molar-refractivity contribution in [1.82, 2.24) is 9.29 Å². The largest absolute Gasteiger partial charge is 0.488 e. The molecule has 0 radical (unpaired) electrons. The van der Waals surface area contributed by atoms with Gasteiger partial charge in [0, 0.05) is 30.6 Å². The zero-order chi connectivity index (χ0) is 24.7. The standard InChI is InChI=1S/C27H26N2O5S2/c1-18-6-8-22(9-7-18)36(30,31)29-11-13-33-26-20(16-29)14-19(15-24(26)34-21-10-12-32-17-21)27-28-23-4-2-3-5-25(23)35-27/h2-9,14-15,21H,10-13,16-17H2,1H3/t21-/m1/s1. The van der Waals surface area contributed by atoms with Gasteiger partial charge in [-0.25, -0.2) is 13.4 Å². The lowest BCUT2D eigenvalue weighted by atomic mass is 10.1. The lowest BCUT2D eigenvalue weighted by Crippen LogP contribution is -2.32. The summed E-state index contributed by atoms with van der Waals surface area (Å²) >= 11 is 1.60. The van der Waals surface area contributed by atoms with Gasteiger partial charge in [-0.3, -0.25) is 0 Å². The van der Waals surface area contributed by atoms with Crippen molar-refractivity contribution >= 4 is 31.6 Å². The fourth-order valence-electron chi connectivity index (χ4n) is 4.52. The molecule has 6 rings (SSSR count). The van der Waals surface area contributed by atoms with Crippen molar-refractivity contribution in [3.05, 3.63) is 71.8 Å². The van der Waals surface area contributed by atoms with Gasteiger partial charge in [0.05, 0.1) is 28.3 Å².